The first-order valence-corrected chi connectivity index (χ1v) is 8.38. The normalized spacial score (nSPS) is 10.4. The highest BCUT2D eigenvalue weighted by Gasteiger charge is 2.21. The molecule has 0 aliphatic rings. The molecule has 0 fully saturated rings. The van der Waals surface area contributed by atoms with Gasteiger partial charge in [0.05, 0.1) is 6.42 Å². The maximum absolute atomic E-state index is 13.7. The fraction of sp³-hybridized carbons (Fsp3) is 0.250. The number of halogens is 2. The molecule has 0 saturated carbocycles. The monoisotopic (exact) mass is 375 g/mol. The Balaban J connectivity index is 2.04. The Labute approximate surface area is 155 Å². The van der Waals surface area contributed by atoms with E-state index in [4.69, 9.17) is 5.11 Å². The molecular formula is C20H19F2NO4. The van der Waals surface area contributed by atoms with Crippen LogP contribution in [0.1, 0.15) is 24.0 Å². The Morgan fingerprint density at radius 1 is 0.963 bits per heavy atom. The highest BCUT2D eigenvalue weighted by molar-refractivity contribution is 6.36. The largest absolute Gasteiger partial charge is 0.475 e. The van der Waals surface area contributed by atoms with Crippen molar-refractivity contribution in [1.29, 1.82) is 0 Å². The number of carboxylic acids is 1. The second-order valence-electron chi connectivity index (χ2n) is 6.04. The number of carbonyl (C=O) groups excluding carboxylic acids is 2. The molecule has 0 bridgehead atoms. The molecule has 0 saturated heterocycles. The number of carbonyl (C=O) groups is 3. The van der Waals surface area contributed by atoms with Gasteiger partial charge < -0.3 is 10.0 Å². The van der Waals surface area contributed by atoms with Gasteiger partial charge in [0, 0.05) is 13.1 Å². The van der Waals surface area contributed by atoms with E-state index in [1.165, 1.54) is 35.2 Å². The quantitative estimate of drug-likeness (QED) is 0.540. The number of carboxylic acid groups (broad SMARTS) is 1. The van der Waals surface area contributed by atoms with Crippen LogP contribution in [0.15, 0.2) is 48.5 Å². The number of hydrogen-bond acceptors (Lipinski definition) is 3. The van der Waals surface area contributed by atoms with Gasteiger partial charge in [-0.15, -0.1) is 0 Å². The zero-order chi connectivity index (χ0) is 19.8. The number of hydrogen-bond donors (Lipinski definition) is 1. The summed E-state index contributed by atoms with van der Waals surface area (Å²) in [5.74, 6) is -4.26. The summed E-state index contributed by atoms with van der Waals surface area (Å²) < 4.78 is 26.7. The summed E-state index contributed by atoms with van der Waals surface area (Å²) >= 11 is 0. The van der Waals surface area contributed by atoms with Crippen molar-refractivity contribution >= 4 is 17.7 Å². The molecule has 1 N–H and O–H groups in total. The van der Waals surface area contributed by atoms with E-state index in [1.54, 1.807) is 18.2 Å². The molecule has 7 heteroatoms. The number of rotatable bonds is 9. The lowest BCUT2D eigenvalue weighted by atomic mass is 10.1. The summed E-state index contributed by atoms with van der Waals surface area (Å²) in [5.41, 5.74) is 1.15. The molecule has 0 heterocycles. The molecule has 0 atom stereocenters. The first-order valence-electron chi connectivity index (χ1n) is 8.38. The van der Waals surface area contributed by atoms with Gasteiger partial charge >= 0.3 is 5.97 Å². The highest BCUT2D eigenvalue weighted by atomic mass is 19.1. The minimum atomic E-state index is -1.67. The Morgan fingerprint density at radius 3 is 2.26 bits per heavy atom. The third-order valence-electron chi connectivity index (χ3n) is 4.02. The van der Waals surface area contributed by atoms with Gasteiger partial charge in [-0.1, -0.05) is 30.3 Å². The summed E-state index contributed by atoms with van der Waals surface area (Å²) in [6, 6.07) is 11.8. The second kappa shape index (κ2) is 9.56. The predicted octanol–water partition coefficient (Wildman–Crippen LogP) is 2.97. The number of benzene rings is 2. The SMILES string of the molecule is O=C(O)C(=O)CC(=O)N(CCCc1ccccc1F)Cc1ccc(F)cc1. The number of Topliss-reactive ketones (excluding diaryl/α,β-unsaturated/α-hetero) is 1. The van der Waals surface area contributed by atoms with E-state index in [-0.39, 0.29) is 18.9 Å². The minimum absolute atomic E-state index is 0.100. The lowest BCUT2D eigenvalue weighted by Gasteiger charge is -2.22. The van der Waals surface area contributed by atoms with E-state index >= 15 is 0 Å². The number of nitrogens with zero attached hydrogens (tertiary/aromatic N) is 1. The summed E-state index contributed by atoms with van der Waals surface area (Å²) in [6.45, 7) is 0.306. The van der Waals surface area contributed by atoms with Crippen LogP contribution in [0.4, 0.5) is 8.78 Å². The fourth-order valence-electron chi connectivity index (χ4n) is 2.59. The molecule has 0 spiro atoms. The molecule has 0 radical (unpaired) electrons. The smallest absolute Gasteiger partial charge is 0.372 e. The molecular weight excluding hydrogens is 356 g/mol. The van der Waals surface area contributed by atoms with Gasteiger partial charge in [-0.2, -0.15) is 0 Å². The lowest BCUT2D eigenvalue weighted by molar-refractivity contribution is -0.151. The Hall–Kier alpha value is -3.09. The number of aliphatic carboxylic acids is 1. The third-order valence-corrected chi connectivity index (χ3v) is 4.02. The van der Waals surface area contributed by atoms with E-state index < -0.39 is 29.9 Å². The maximum atomic E-state index is 13.7. The zero-order valence-corrected chi connectivity index (χ0v) is 14.5. The molecule has 0 aliphatic carbocycles. The number of aryl methyl sites for hydroxylation is 1. The average Bonchev–Trinajstić information content (AvgIpc) is 2.63. The van der Waals surface area contributed by atoms with Gasteiger partial charge in [0.15, 0.2) is 0 Å². The Kier molecular flexibility index (Phi) is 7.16. The highest BCUT2D eigenvalue weighted by Crippen LogP contribution is 2.12. The topological polar surface area (TPSA) is 74.7 Å². The summed E-state index contributed by atoms with van der Waals surface area (Å²) in [5, 5.41) is 8.68. The van der Waals surface area contributed by atoms with Crippen LogP contribution < -0.4 is 0 Å². The van der Waals surface area contributed by atoms with Crippen LogP contribution in [-0.4, -0.2) is 34.2 Å². The Bertz CT molecular complexity index is 821. The van der Waals surface area contributed by atoms with Crippen LogP contribution in [0, 0.1) is 11.6 Å². The second-order valence-corrected chi connectivity index (χ2v) is 6.04. The van der Waals surface area contributed by atoms with Crippen molar-refractivity contribution in [3.8, 4) is 0 Å². The predicted molar refractivity (Wildman–Crippen MR) is 93.8 cm³/mol. The summed E-state index contributed by atoms with van der Waals surface area (Å²) in [7, 11) is 0. The van der Waals surface area contributed by atoms with Gasteiger partial charge in [0.25, 0.3) is 0 Å². The zero-order valence-electron chi connectivity index (χ0n) is 14.5. The van der Waals surface area contributed by atoms with E-state index in [2.05, 4.69) is 0 Å². The van der Waals surface area contributed by atoms with Crippen molar-refractivity contribution in [2.75, 3.05) is 6.54 Å². The van der Waals surface area contributed by atoms with Gasteiger partial charge in [-0.05, 0) is 42.2 Å². The molecule has 2 aromatic carbocycles. The van der Waals surface area contributed by atoms with Crippen molar-refractivity contribution in [2.45, 2.75) is 25.8 Å². The van der Waals surface area contributed by atoms with Crippen molar-refractivity contribution in [3.05, 3.63) is 71.3 Å². The van der Waals surface area contributed by atoms with Crippen molar-refractivity contribution < 1.29 is 28.3 Å². The van der Waals surface area contributed by atoms with E-state index in [0.29, 0.717) is 24.0 Å². The van der Waals surface area contributed by atoms with Crippen LogP contribution in [0.5, 0.6) is 0 Å². The maximum Gasteiger partial charge on any atom is 0.372 e. The van der Waals surface area contributed by atoms with Gasteiger partial charge in [0.1, 0.15) is 11.6 Å². The average molecular weight is 375 g/mol. The molecule has 27 heavy (non-hydrogen) atoms. The first kappa shape index (κ1) is 20.2. The van der Waals surface area contributed by atoms with Crippen LogP contribution in [0.25, 0.3) is 0 Å². The lowest BCUT2D eigenvalue weighted by Crippen LogP contribution is -2.34. The fourth-order valence-corrected chi connectivity index (χ4v) is 2.59. The summed E-state index contributed by atoms with van der Waals surface area (Å²) in [6.07, 6.45) is 0.0537. The number of amides is 1. The molecule has 2 rings (SSSR count). The van der Waals surface area contributed by atoms with Crippen LogP contribution in [-0.2, 0) is 27.3 Å². The van der Waals surface area contributed by atoms with E-state index in [9.17, 15) is 23.2 Å². The minimum Gasteiger partial charge on any atom is -0.475 e. The van der Waals surface area contributed by atoms with E-state index in [1.807, 2.05) is 0 Å². The van der Waals surface area contributed by atoms with Crippen LogP contribution >= 0.6 is 0 Å². The molecule has 1 amide bonds. The van der Waals surface area contributed by atoms with Crippen molar-refractivity contribution in [2.24, 2.45) is 0 Å². The van der Waals surface area contributed by atoms with E-state index in [0.717, 1.165) is 0 Å². The Morgan fingerprint density at radius 2 is 1.63 bits per heavy atom. The third kappa shape index (κ3) is 6.29. The molecule has 142 valence electrons. The van der Waals surface area contributed by atoms with Crippen LogP contribution in [0.2, 0.25) is 0 Å². The molecule has 0 aromatic heterocycles. The van der Waals surface area contributed by atoms with Gasteiger partial charge in [-0.3, -0.25) is 9.59 Å². The standard InChI is InChI=1S/C20H19F2NO4/c21-16-9-7-14(8-10-16)13-23(19(25)12-18(24)20(26)27)11-3-5-15-4-1-2-6-17(15)22/h1-2,4,6-10H,3,5,11-13H2,(H,26,27). The molecule has 2 aromatic rings. The summed E-state index contributed by atoms with van der Waals surface area (Å²) in [4.78, 5) is 35.7. The first-order chi connectivity index (χ1) is 12.9. The molecule has 0 aliphatic heterocycles. The van der Waals surface area contributed by atoms with Crippen molar-refractivity contribution in [3.63, 3.8) is 0 Å². The molecule has 5 nitrogen and oxygen atoms in total. The molecule has 0 unspecified atom stereocenters. The van der Waals surface area contributed by atoms with Crippen molar-refractivity contribution in [1.82, 2.24) is 4.90 Å². The van der Waals surface area contributed by atoms with Crippen LogP contribution in [0.3, 0.4) is 0 Å². The number of ketones is 1. The van der Waals surface area contributed by atoms with Gasteiger partial charge in [-0.25, -0.2) is 13.6 Å². The van der Waals surface area contributed by atoms with Gasteiger partial charge in [0.2, 0.25) is 11.7 Å².